The quantitative estimate of drug-likeness (QED) is 0.670. The van der Waals surface area contributed by atoms with Gasteiger partial charge in [0.15, 0.2) is 0 Å². The highest BCUT2D eigenvalue weighted by Crippen LogP contribution is 2.30. The Bertz CT molecular complexity index is 935. The molecule has 1 saturated heterocycles. The van der Waals surface area contributed by atoms with Crippen molar-refractivity contribution in [2.75, 3.05) is 33.4 Å². The molecular weight excluding hydrogens is 346 g/mol. The molecule has 0 unspecified atom stereocenters. The summed E-state index contributed by atoms with van der Waals surface area (Å²) in [6.07, 6.45) is 2.83. The smallest absolute Gasteiger partial charge is 0.271 e. The molecule has 0 amide bonds. The van der Waals surface area contributed by atoms with E-state index in [4.69, 9.17) is 4.74 Å². The average Bonchev–Trinajstić information content (AvgIpc) is 3.30. The highest BCUT2D eigenvalue weighted by Gasteiger charge is 2.23. The van der Waals surface area contributed by atoms with Crippen LogP contribution in [0, 0.1) is 5.92 Å². The van der Waals surface area contributed by atoms with Crippen molar-refractivity contribution in [2.45, 2.75) is 13.0 Å². The zero-order chi connectivity index (χ0) is 17.9. The number of likely N-dealkylation sites (tertiary alicyclic amines) is 1. The summed E-state index contributed by atoms with van der Waals surface area (Å²) in [6.45, 7) is 4.56. The number of nitrogens with zero attached hydrogens (tertiary/aromatic N) is 3. The molecular formula is C20H23N3O2S. The Morgan fingerprint density at radius 1 is 1.31 bits per heavy atom. The van der Waals surface area contributed by atoms with Crippen LogP contribution in [0.1, 0.15) is 6.42 Å². The van der Waals surface area contributed by atoms with Crippen LogP contribution < -0.4 is 5.56 Å². The maximum atomic E-state index is 12.9. The third-order valence-electron chi connectivity index (χ3n) is 5.00. The zero-order valence-corrected chi connectivity index (χ0v) is 15.7. The molecule has 0 N–H and O–H groups in total. The summed E-state index contributed by atoms with van der Waals surface area (Å²) < 4.78 is 7.70. The lowest BCUT2D eigenvalue weighted by atomic mass is 10.1. The summed E-state index contributed by atoms with van der Waals surface area (Å²) in [7, 11) is 1.73. The Morgan fingerprint density at radius 3 is 2.96 bits per heavy atom. The molecule has 6 heteroatoms. The number of hydrogen-bond acceptors (Lipinski definition) is 5. The Labute approximate surface area is 156 Å². The normalized spacial score (nSPS) is 18.0. The minimum Gasteiger partial charge on any atom is -0.383 e. The van der Waals surface area contributed by atoms with E-state index < -0.39 is 0 Å². The van der Waals surface area contributed by atoms with Crippen LogP contribution in [0.2, 0.25) is 0 Å². The minimum absolute atomic E-state index is 0.0810. The van der Waals surface area contributed by atoms with Gasteiger partial charge in [-0.1, -0.05) is 30.3 Å². The standard InChI is InChI=1S/C20H23N3O2S/c1-25-10-9-22-8-7-15(12-22)13-23-14-21-17-11-18(26-19(17)20(23)24)16-5-3-2-4-6-16/h2-6,11,14-15H,7-10,12-13H2,1H3/t15-/m0/s1. The summed E-state index contributed by atoms with van der Waals surface area (Å²) >= 11 is 1.54. The number of hydrogen-bond donors (Lipinski definition) is 0. The number of thiophene rings is 1. The second-order valence-electron chi connectivity index (χ2n) is 6.84. The molecule has 3 aromatic rings. The summed E-state index contributed by atoms with van der Waals surface area (Å²) in [5.74, 6) is 0.498. The number of rotatable bonds is 6. The van der Waals surface area contributed by atoms with Gasteiger partial charge in [-0.15, -0.1) is 11.3 Å². The first-order valence-corrected chi connectivity index (χ1v) is 9.82. The van der Waals surface area contributed by atoms with Gasteiger partial charge in [0.1, 0.15) is 4.70 Å². The van der Waals surface area contributed by atoms with Crippen molar-refractivity contribution in [3.63, 3.8) is 0 Å². The topological polar surface area (TPSA) is 47.4 Å². The monoisotopic (exact) mass is 369 g/mol. The van der Waals surface area contributed by atoms with E-state index in [1.54, 1.807) is 18.0 Å². The van der Waals surface area contributed by atoms with Crippen molar-refractivity contribution in [3.05, 3.63) is 53.1 Å². The predicted molar refractivity (Wildman–Crippen MR) is 106 cm³/mol. The Balaban J connectivity index is 1.54. The van der Waals surface area contributed by atoms with Crippen LogP contribution in [-0.4, -0.2) is 47.8 Å². The Hall–Kier alpha value is -2.02. The number of ether oxygens (including phenoxy) is 1. The van der Waals surface area contributed by atoms with E-state index in [0.717, 1.165) is 59.9 Å². The number of fused-ring (bicyclic) bond motifs is 1. The molecule has 26 heavy (non-hydrogen) atoms. The van der Waals surface area contributed by atoms with Gasteiger partial charge in [0, 0.05) is 31.6 Å². The lowest BCUT2D eigenvalue weighted by Gasteiger charge is -2.15. The molecule has 1 aromatic carbocycles. The van der Waals surface area contributed by atoms with Crippen molar-refractivity contribution in [3.8, 4) is 10.4 Å². The first-order chi connectivity index (χ1) is 12.7. The van der Waals surface area contributed by atoms with Crippen molar-refractivity contribution in [1.29, 1.82) is 0 Å². The molecule has 2 aromatic heterocycles. The van der Waals surface area contributed by atoms with Gasteiger partial charge in [0.05, 0.1) is 18.5 Å². The van der Waals surface area contributed by atoms with Crippen molar-refractivity contribution >= 4 is 21.6 Å². The van der Waals surface area contributed by atoms with E-state index in [2.05, 4.69) is 22.0 Å². The van der Waals surface area contributed by atoms with Gasteiger partial charge in [-0.05, 0) is 30.5 Å². The number of benzene rings is 1. The van der Waals surface area contributed by atoms with Gasteiger partial charge in [-0.25, -0.2) is 4.98 Å². The molecule has 5 nitrogen and oxygen atoms in total. The van der Waals surface area contributed by atoms with Gasteiger partial charge in [0.2, 0.25) is 0 Å². The van der Waals surface area contributed by atoms with Gasteiger partial charge < -0.3 is 9.64 Å². The molecule has 1 aliphatic heterocycles. The van der Waals surface area contributed by atoms with Crippen LogP contribution in [-0.2, 0) is 11.3 Å². The van der Waals surface area contributed by atoms with E-state index in [-0.39, 0.29) is 5.56 Å². The summed E-state index contributed by atoms with van der Waals surface area (Å²) in [4.78, 5) is 21.0. The van der Waals surface area contributed by atoms with Gasteiger partial charge in [-0.3, -0.25) is 9.36 Å². The second kappa shape index (κ2) is 7.70. The molecule has 4 rings (SSSR count). The predicted octanol–water partition coefficient (Wildman–Crippen LogP) is 3.09. The summed E-state index contributed by atoms with van der Waals surface area (Å²) in [5.41, 5.74) is 2.01. The Kier molecular flexibility index (Phi) is 5.15. The van der Waals surface area contributed by atoms with E-state index >= 15 is 0 Å². The van der Waals surface area contributed by atoms with Crippen LogP contribution in [0.25, 0.3) is 20.7 Å². The van der Waals surface area contributed by atoms with Crippen LogP contribution >= 0.6 is 11.3 Å². The van der Waals surface area contributed by atoms with Gasteiger partial charge in [0.25, 0.3) is 5.56 Å². The molecule has 0 aliphatic carbocycles. The zero-order valence-electron chi connectivity index (χ0n) is 14.9. The molecule has 1 atom stereocenters. The SMILES string of the molecule is COCCN1CC[C@H](Cn2cnc3cc(-c4ccccc4)sc3c2=O)C1. The van der Waals surface area contributed by atoms with E-state index in [1.165, 1.54) is 11.3 Å². The first-order valence-electron chi connectivity index (χ1n) is 9.00. The molecule has 0 radical (unpaired) electrons. The molecule has 1 aliphatic rings. The van der Waals surface area contributed by atoms with E-state index in [0.29, 0.717) is 5.92 Å². The van der Waals surface area contributed by atoms with Gasteiger partial charge in [-0.2, -0.15) is 0 Å². The fourth-order valence-corrected chi connectivity index (χ4v) is 4.65. The van der Waals surface area contributed by atoms with Crippen LogP contribution in [0.4, 0.5) is 0 Å². The number of methoxy groups -OCH3 is 1. The highest BCUT2D eigenvalue weighted by molar-refractivity contribution is 7.22. The lowest BCUT2D eigenvalue weighted by Crippen LogP contribution is -2.28. The van der Waals surface area contributed by atoms with Crippen molar-refractivity contribution < 1.29 is 4.74 Å². The summed E-state index contributed by atoms with van der Waals surface area (Å²) in [6, 6.07) is 12.2. The fourth-order valence-electron chi connectivity index (χ4n) is 3.58. The van der Waals surface area contributed by atoms with Crippen LogP contribution in [0.15, 0.2) is 47.5 Å². The lowest BCUT2D eigenvalue weighted by molar-refractivity contribution is 0.158. The molecule has 3 heterocycles. The molecule has 0 saturated carbocycles. The molecule has 1 fully saturated rings. The van der Waals surface area contributed by atoms with E-state index in [1.807, 2.05) is 24.3 Å². The van der Waals surface area contributed by atoms with Crippen molar-refractivity contribution in [2.24, 2.45) is 5.92 Å². The second-order valence-corrected chi connectivity index (χ2v) is 7.89. The highest BCUT2D eigenvalue weighted by atomic mass is 32.1. The average molecular weight is 369 g/mol. The van der Waals surface area contributed by atoms with Crippen LogP contribution in [0.5, 0.6) is 0 Å². The van der Waals surface area contributed by atoms with E-state index in [9.17, 15) is 4.79 Å². The number of aromatic nitrogens is 2. The third-order valence-corrected chi connectivity index (χ3v) is 6.16. The molecule has 0 bridgehead atoms. The molecule has 136 valence electrons. The van der Waals surface area contributed by atoms with Crippen molar-refractivity contribution in [1.82, 2.24) is 14.5 Å². The maximum absolute atomic E-state index is 12.9. The third kappa shape index (κ3) is 3.58. The Morgan fingerprint density at radius 2 is 2.15 bits per heavy atom. The molecule has 0 spiro atoms. The van der Waals surface area contributed by atoms with Gasteiger partial charge >= 0.3 is 0 Å². The summed E-state index contributed by atoms with van der Waals surface area (Å²) in [5, 5.41) is 0. The largest absolute Gasteiger partial charge is 0.383 e. The maximum Gasteiger partial charge on any atom is 0.271 e. The van der Waals surface area contributed by atoms with Crippen LogP contribution in [0.3, 0.4) is 0 Å². The first kappa shape index (κ1) is 17.4. The fraction of sp³-hybridized carbons (Fsp3) is 0.400. The minimum atomic E-state index is 0.0810.